The van der Waals surface area contributed by atoms with E-state index in [0.717, 1.165) is 10.9 Å². The molecule has 134 valence electrons. The lowest BCUT2D eigenvalue weighted by Crippen LogP contribution is -2.20. The third-order valence-electron chi connectivity index (χ3n) is 3.20. The van der Waals surface area contributed by atoms with Crippen molar-refractivity contribution in [3.8, 4) is 0 Å². The lowest BCUT2D eigenvalue weighted by atomic mass is 10.3. The van der Waals surface area contributed by atoms with E-state index in [9.17, 15) is 19.7 Å². The highest BCUT2D eigenvalue weighted by Crippen LogP contribution is 2.21. The minimum absolute atomic E-state index is 0.0753. The maximum absolute atomic E-state index is 12.5. The molecule has 0 aliphatic heterocycles. The molecule has 0 atom stereocenters. The molecule has 0 aromatic carbocycles. The molecule has 2 heterocycles. The predicted octanol–water partition coefficient (Wildman–Crippen LogP) is 1.36. The highest BCUT2D eigenvalue weighted by molar-refractivity contribution is 6.08. The van der Waals surface area contributed by atoms with Gasteiger partial charge < -0.3 is 10.1 Å². The fraction of sp³-hybridized carbons (Fsp3) is 0.429. The Morgan fingerprint density at radius 1 is 1.44 bits per heavy atom. The average molecular weight is 350 g/mol. The van der Waals surface area contributed by atoms with Crippen LogP contribution in [0, 0.1) is 10.1 Å². The quantitative estimate of drug-likeness (QED) is 0.472. The van der Waals surface area contributed by atoms with E-state index >= 15 is 0 Å². The summed E-state index contributed by atoms with van der Waals surface area (Å²) in [5, 5.41) is 21.3. The molecular formula is C14H18N6O5. The lowest BCUT2D eigenvalue weighted by molar-refractivity contribution is -0.385. The van der Waals surface area contributed by atoms with Gasteiger partial charge in [-0.25, -0.2) is 4.79 Å². The summed E-state index contributed by atoms with van der Waals surface area (Å²) in [4.78, 5) is 34.9. The Hall–Kier alpha value is -3.24. The second-order valence-corrected chi connectivity index (χ2v) is 5.41. The number of anilines is 1. The molecule has 0 saturated carbocycles. The molecule has 0 fully saturated rings. The number of esters is 1. The number of aryl methyl sites for hydroxylation is 2. The first kappa shape index (κ1) is 18.1. The van der Waals surface area contributed by atoms with Crippen LogP contribution in [0.3, 0.4) is 0 Å². The number of hydrogen-bond acceptors (Lipinski definition) is 7. The SMILES string of the molecule is CCn1cc(NC(=O)c2c([N+](=O)[O-])cnn2C)c(C(=O)OC(C)C)n1. The van der Waals surface area contributed by atoms with E-state index in [2.05, 4.69) is 15.5 Å². The van der Waals surface area contributed by atoms with Crippen molar-refractivity contribution in [2.24, 2.45) is 7.05 Å². The molecule has 0 unspecified atom stereocenters. The second-order valence-electron chi connectivity index (χ2n) is 5.41. The highest BCUT2D eigenvalue weighted by atomic mass is 16.6. The van der Waals surface area contributed by atoms with Gasteiger partial charge in [-0.05, 0) is 20.8 Å². The molecule has 0 aliphatic carbocycles. The summed E-state index contributed by atoms with van der Waals surface area (Å²) in [5.41, 5.74) is -0.645. The topological polar surface area (TPSA) is 134 Å². The fourth-order valence-corrected chi connectivity index (χ4v) is 2.10. The Balaban J connectivity index is 2.35. The molecule has 0 saturated heterocycles. The van der Waals surface area contributed by atoms with Crippen molar-refractivity contribution in [2.45, 2.75) is 33.4 Å². The van der Waals surface area contributed by atoms with Gasteiger partial charge in [0.1, 0.15) is 6.20 Å². The molecule has 1 amide bonds. The van der Waals surface area contributed by atoms with Crippen LogP contribution in [0.1, 0.15) is 41.7 Å². The smallest absolute Gasteiger partial charge is 0.361 e. The molecule has 0 spiro atoms. The molecule has 2 aromatic rings. The number of aromatic nitrogens is 4. The van der Waals surface area contributed by atoms with Gasteiger partial charge in [-0.2, -0.15) is 10.2 Å². The van der Waals surface area contributed by atoms with E-state index in [1.165, 1.54) is 17.9 Å². The average Bonchev–Trinajstić information content (AvgIpc) is 3.10. The van der Waals surface area contributed by atoms with Crippen molar-refractivity contribution in [1.82, 2.24) is 19.6 Å². The molecule has 0 bridgehead atoms. The number of carbonyl (C=O) groups is 2. The van der Waals surface area contributed by atoms with Crippen LogP contribution in [0.4, 0.5) is 11.4 Å². The summed E-state index contributed by atoms with van der Waals surface area (Å²) in [5.74, 6) is -1.47. The zero-order valence-electron chi connectivity index (χ0n) is 14.2. The van der Waals surface area contributed by atoms with Crippen LogP contribution >= 0.6 is 0 Å². The van der Waals surface area contributed by atoms with Gasteiger partial charge in [0.25, 0.3) is 5.91 Å². The second kappa shape index (κ2) is 7.11. The van der Waals surface area contributed by atoms with Crippen LogP contribution in [0.25, 0.3) is 0 Å². The van der Waals surface area contributed by atoms with Gasteiger partial charge in [-0.3, -0.25) is 24.3 Å². The van der Waals surface area contributed by atoms with Gasteiger partial charge in [0.05, 0.1) is 16.7 Å². The predicted molar refractivity (Wildman–Crippen MR) is 86.3 cm³/mol. The summed E-state index contributed by atoms with van der Waals surface area (Å²) in [6.45, 7) is 5.64. The van der Waals surface area contributed by atoms with Gasteiger partial charge in [-0.15, -0.1) is 0 Å². The number of ether oxygens (including phenoxy) is 1. The van der Waals surface area contributed by atoms with E-state index in [-0.39, 0.29) is 23.2 Å². The Bertz CT molecular complexity index is 822. The molecule has 25 heavy (non-hydrogen) atoms. The van der Waals surface area contributed by atoms with E-state index in [0.29, 0.717) is 6.54 Å². The Kier molecular flexibility index (Phi) is 5.15. The summed E-state index contributed by atoms with van der Waals surface area (Å²) in [7, 11) is 1.41. The van der Waals surface area contributed by atoms with Crippen LogP contribution in [0.15, 0.2) is 12.4 Å². The molecule has 2 rings (SSSR count). The molecule has 11 nitrogen and oxygen atoms in total. The van der Waals surface area contributed by atoms with Crippen LogP contribution in [-0.2, 0) is 18.3 Å². The molecule has 2 aromatic heterocycles. The van der Waals surface area contributed by atoms with E-state index in [1.807, 2.05) is 6.92 Å². The summed E-state index contributed by atoms with van der Waals surface area (Å²) < 4.78 is 7.64. The van der Waals surface area contributed by atoms with Gasteiger partial charge >= 0.3 is 11.7 Å². The molecule has 0 aliphatic rings. The molecule has 11 heteroatoms. The van der Waals surface area contributed by atoms with Crippen molar-refractivity contribution >= 4 is 23.3 Å². The Morgan fingerprint density at radius 3 is 2.68 bits per heavy atom. The first-order valence-corrected chi connectivity index (χ1v) is 7.50. The first-order valence-electron chi connectivity index (χ1n) is 7.50. The van der Waals surface area contributed by atoms with Crippen molar-refractivity contribution in [2.75, 3.05) is 5.32 Å². The van der Waals surface area contributed by atoms with Crippen LogP contribution in [0.5, 0.6) is 0 Å². The van der Waals surface area contributed by atoms with Gasteiger partial charge in [-0.1, -0.05) is 0 Å². The Labute approximate surface area is 142 Å². The minimum atomic E-state index is -0.777. The van der Waals surface area contributed by atoms with Crippen LogP contribution < -0.4 is 5.32 Å². The summed E-state index contributed by atoms with van der Waals surface area (Å²) in [6.07, 6.45) is 2.08. The number of nitrogens with one attached hydrogen (secondary N) is 1. The monoisotopic (exact) mass is 350 g/mol. The third kappa shape index (κ3) is 3.82. The summed E-state index contributed by atoms with van der Waals surface area (Å²) in [6, 6.07) is 0. The van der Waals surface area contributed by atoms with Crippen molar-refractivity contribution in [3.05, 3.63) is 33.9 Å². The lowest BCUT2D eigenvalue weighted by Gasteiger charge is -2.08. The summed E-state index contributed by atoms with van der Waals surface area (Å²) >= 11 is 0. The molecular weight excluding hydrogens is 332 g/mol. The maximum atomic E-state index is 12.5. The van der Waals surface area contributed by atoms with E-state index in [1.54, 1.807) is 13.8 Å². The van der Waals surface area contributed by atoms with Gasteiger partial charge in [0.15, 0.2) is 5.69 Å². The van der Waals surface area contributed by atoms with Crippen LogP contribution in [0.2, 0.25) is 0 Å². The van der Waals surface area contributed by atoms with Gasteiger partial charge in [0.2, 0.25) is 5.69 Å². The minimum Gasteiger partial charge on any atom is -0.458 e. The number of nitro groups is 1. The number of nitrogens with zero attached hydrogens (tertiary/aromatic N) is 5. The van der Waals surface area contributed by atoms with E-state index < -0.39 is 22.5 Å². The zero-order chi connectivity index (χ0) is 18.7. The number of amides is 1. The molecule has 0 radical (unpaired) electrons. The fourth-order valence-electron chi connectivity index (χ4n) is 2.10. The zero-order valence-corrected chi connectivity index (χ0v) is 14.2. The number of hydrogen-bond donors (Lipinski definition) is 1. The van der Waals surface area contributed by atoms with Crippen LogP contribution in [-0.4, -0.2) is 42.5 Å². The Morgan fingerprint density at radius 2 is 2.12 bits per heavy atom. The maximum Gasteiger partial charge on any atom is 0.361 e. The van der Waals surface area contributed by atoms with E-state index in [4.69, 9.17) is 4.74 Å². The molecule has 1 N–H and O–H groups in total. The van der Waals surface area contributed by atoms with Crippen molar-refractivity contribution in [1.29, 1.82) is 0 Å². The van der Waals surface area contributed by atoms with Crippen molar-refractivity contribution < 1.29 is 19.2 Å². The largest absolute Gasteiger partial charge is 0.458 e. The number of rotatable bonds is 6. The standard InChI is InChI=1S/C14H18N6O5/c1-5-19-7-9(11(17-19)14(22)25-8(2)3)16-13(21)12-10(20(23)24)6-15-18(12)4/h6-8H,5H2,1-4H3,(H,16,21). The van der Waals surface area contributed by atoms with Gasteiger partial charge in [0, 0.05) is 19.8 Å². The third-order valence-corrected chi connectivity index (χ3v) is 3.20. The van der Waals surface area contributed by atoms with Crippen molar-refractivity contribution in [3.63, 3.8) is 0 Å². The highest BCUT2D eigenvalue weighted by Gasteiger charge is 2.28. The normalized spacial score (nSPS) is 10.8. The number of carbonyl (C=O) groups excluding carboxylic acids is 2. The first-order chi connectivity index (χ1) is 11.7.